The van der Waals surface area contributed by atoms with Crippen LogP contribution in [0.4, 0.5) is 0 Å². The van der Waals surface area contributed by atoms with E-state index in [1.165, 1.54) is 4.90 Å². The number of hydrogen-bond donors (Lipinski definition) is 1. The van der Waals surface area contributed by atoms with Crippen LogP contribution in [-0.4, -0.2) is 36.1 Å². The average molecular weight is 261 g/mol. The highest BCUT2D eigenvalue weighted by atomic mass is 35.5. The van der Waals surface area contributed by atoms with Crippen LogP contribution in [0.5, 0.6) is 0 Å². The number of halogens is 1. The van der Waals surface area contributed by atoms with E-state index in [1.54, 1.807) is 0 Å². The van der Waals surface area contributed by atoms with E-state index in [2.05, 4.69) is 12.1 Å². The summed E-state index contributed by atoms with van der Waals surface area (Å²) < 4.78 is 5.28. The van der Waals surface area contributed by atoms with Crippen LogP contribution >= 0.6 is 23.4 Å². The normalized spacial score (nSPS) is 12.6. The molecule has 0 bridgehead atoms. The van der Waals surface area contributed by atoms with E-state index in [1.807, 2.05) is 30.0 Å². The number of rotatable bonds is 8. The molecule has 1 rings (SSSR count). The molecule has 4 heteroatoms. The molecule has 0 aliphatic rings. The number of hydrogen-bond acceptors (Lipinski definition) is 3. The molecule has 16 heavy (non-hydrogen) atoms. The second-order valence-electron chi connectivity index (χ2n) is 3.40. The molecule has 1 atom stereocenters. The summed E-state index contributed by atoms with van der Waals surface area (Å²) in [5, 5.41) is 9.13. The molecule has 0 radical (unpaired) electrons. The monoisotopic (exact) mass is 260 g/mol. The van der Waals surface area contributed by atoms with Gasteiger partial charge in [0, 0.05) is 17.3 Å². The summed E-state index contributed by atoms with van der Waals surface area (Å²) in [6, 6.07) is 10.3. The van der Waals surface area contributed by atoms with Gasteiger partial charge in [-0.2, -0.15) is 0 Å². The Balaban J connectivity index is 1.96. The van der Waals surface area contributed by atoms with Crippen molar-refractivity contribution in [1.82, 2.24) is 0 Å². The van der Waals surface area contributed by atoms with E-state index in [9.17, 15) is 0 Å². The van der Waals surface area contributed by atoms with Crippen molar-refractivity contribution in [2.45, 2.75) is 17.4 Å². The fourth-order valence-corrected chi connectivity index (χ4v) is 2.07. The molecule has 2 nitrogen and oxygen atoms in total. The second-order valence-corrected chi connectivity index (χ2v) is 4.88. The fourth-order valence-electron chi connectivity index (χ4n) is 1.13. The van der Waals surface area contributed by atoms with Crippen molar-refractivity contribution in [2.75, 3.05) is 24.8 Å². The third-order valence-corrected chi connectivity index (χ3v) is 3.39. The van der Waals surface area contributed by atoms with Crippen molar-refractivity contribution in [3.63, 3.8) is 0 Å². The molecule has 0 aliphatic carbocycles. The first-order chi connectivity index (χ1) is 7.83. The molecule has 1 N–H and O–H groups in total. The number of aliphatic hydroxyl groups is 1. The van der Waals surface area contributed by atoms with Crippen molar-refractivity contribution in [2.24, 2.45) is 0 Å². The van der Waals surface area contributed by atoms with Crippen LogP contribution in [0.25, 0.3) is 0 Å². The van der Waals surface area contributed by atoms with E-state index in [0.29, 0.717) is 13.2 Å². The molecule has 0 heterocycles. The van der Waals surface area contributed by atoms with Crippen molar-refractivity contribution < 1.29 is 9.84 Å². The Morgan fingerprint density at radius 3 is 2.75 bits per heavy atom. The Labute approximate surface area is 106 Å². The maximum atomic E-state index is 9.13. The largest absolute Gasteiger partial charge is 0.389 e. The third kappa shape index (κ3) is 6.38. The zero-order chi connectivity index (χ0) is 11.6. The number of thioether (sulfide) groups is 1. The minimum Gasteiger partial charge on any atom is -0.389 e. The molecule has 0 saturated heterocycles. The van der Waals surface area contributed by atoms with Gasteiger partial charge in [0.15, 0.2) is 0 Å². The first-order valence-corrected chi connectivity index (χ1v) is 6.84. The molecule has 90 valence electrons. The van der Waals surface area contributed by atoms with Gasteiger partial charge in [-0.05, 0) is 18.6 Å². The Morgan fingerprint density at radius 1 is 1.31 bits per heavy atom. The lowest BCUT2D eigenvalue weighted by atomic mass is 10.4. The molecule has 0 aromatic heterocycles. The minimum absolute atomic E-state index is 0.235. The first-order valence-electron chi connectivity index (χ1n) is 5.32. The zero-order valence-electron chi connectivity index (χ0n) is 9.14. The van der Waals surface area contributed by atoms with Gasteiger partial charge in [0.05, 0.1) is 18.6 Å². The molecule has 1 unspecified atom stereocenters. The minimum atomic E-state index is -0.538. The molecular formula is C12H17ClO2S. The number of ether oxygens (including phenoxy) is 1. The molecule has 0 fully saturated rings. The van der Waals surface area contributed by atoms with Gasteiger partial charge >= 0.3 is 0 Å². The summed E-state index contributed by atoms with van der Waals surface area (Å²) in [6.45, 7) is 1.01. The topological polar surface area (TPSA) is 29.5 Å². The van der Waals surface area contributed by atoms with Crippen LogP contribution in [0.3, 0.4) is 0 Å². The van der Waals surface area contributed by atoms with E-state index < -0.39 is 6.10 Å². The standard InChI is InChI=1S/C12H17ClO2S/c13-9-11(14)10-15-7-4-8-16-12-5-2-1-3-6-12/h1-3,5-6,11,14H,4,7-10H2. The lowest BCUT2D eigenvalue weighted by Crippen LogP contribution is -2.17. The van der Waals surface area contributed by atoms with E-state index in [0.717, 1.165) is 12.2 Å². The van der Waals surface area contributed by atoms with Gasteiger partial charge in [0.1, 0.15) is 0 Å². The lowest BCUT2D eigenvalue weighted by molar-refractivity contribution is 0.0486. The van der Waals surface area contributed by atoms with E-state index in [-0.39, 0.29) is 5.88 Å². The summed E-state index contributed by atoms with van der Waals surface area (Å²) in [5.74, 6) is 1.26. The summed E-state index contributed by atoms with van der Waals surface area (Å²) in [4.78, 5) is 1.28. The zero-order valence-corrected chi connectivity index (χ0v) is 10.7. The molecule has 0 spiro atoms. The quantitative estimate of drug-likeness (QED) is 0.443. The van der Waals surface area contributed by atoms with Gasteiger partial charge < -0.3 is 9.84 Å². The highest BCUT2D eigenvalue weighted by Gasteiger charge is 2.00. The van der Waals surface area contributed by atoms with Crippen LogP contribution in [0.1, 0.15) is 6.42 Å². The first kappa shape index (κ1) is 13.8. The van der Waals surface area contributed by atoms with Gasteiger partial charge in [-0.25, -0.2) is 0 Å². The summed E-state index contributed by atoms with van der Waals surface area (Å²) in [6.07, 6.45) is 0.442. The van der Waals surface area contributed by atoms with Gasteiger partial charge in [-0.1, -0.05) is 18.2 Å². The van der Waals surface area contributed by atoms with Crippen LogP contribution in [0.2, 0.25) is 0 Å². The van der Waals surface area contributed by atoms with E-state index >= 15 is 0 Å². The van der Waals surface area contributed by atoms with Gasteiger partial charge in [-0.3, -0.25) is 0 Å². The smallest absolute Gasteiger partial charge is 0.0908 e. The molecule has 1 aromatic rings. The van der Waals surface area contributed by atoms with Crippen LogP contribution in [-0.2, 0) is 4.74 Å². The summed E-state index contributed by atoms with van der Waals surface area (Å²) in [7, 11) is 0. The highest BCUT2D eigenvalue weighted by Crippen LogP contribution is 2.17. The summed E-state index contributed by atoms with van der Waals surface area (Å²) >= 11 is 7.25. The number of benzene rings is 1. The molecule has 0 saturated carbocycles. The maximum Gasteiger partial charge on any atom is 0.0908 e. The van der Waals surface area contributed by atoms with Gasteiger partial charge in [-0.15, -0.1) is 23.4 Å². The Kier molecular flexibility index (Phi) is 7.68. The molecule has 1 aromatic carbocycles. The average Bonchev–Trinajstić information content (AvgIpc) is 2.34. The highest BCUT2D eigenvalue weighted by molar-refractivity contribution is 7.99. The summed E-state index contributed by atoms with van der Waals surface area (Å²) in [5.41, 5.74) is 0. The Hall–Kier alpha value is -0.220. The van der Waals surface area contributed by atoms with Crippen LogP contribution in [0, 0.1) is 0 Å². The van der Waals surface area contributed by atoms with E-state index in [4.69, 9.17) is 21.4 Å². The van der Waals surface area contributed by atoms with Crippen molar-refractivity contribution in [1.29, 1.82) is 0 Å². The predicted octanol–water partition coefficient (Wildman–Crippen LogP) is 2.79. The molecule has 0 aliphatic heterocycles. The second kappa shape index (κ2) is 8.88. The van der Waals surface area contributed by atoms with Crippen molar-refractivity contribution >= 4 is 23.4 Å². The number of alkyl halides is 1. The van der Waals surface area contributed by atoms with Crippen LogP contribution in [0.15, 0.2) is 35.2 Å². The Morgan fingerprint density at radius 2 is 2.06 bits per heavy atom. The third-order valence-electron chi connectivity index (χ3n) is 1.93. The van der Waals surface area contributed by atoms with Crippen molar-refractivity contribution in [3.8, 4) is 0 Å². The SMILES string of the molecule is OC(CCl)COCCCSc1ccccc1. The maximum absolute atomic E-state index is 9.13. The van der Waals surface area contributed by atoms with Gasteiger partial charge in [0.25, 0.3) is 0 Å². The van der Waals surface area contributed by atoms with Crippen molar-refractivity contribution in [3.05, 3.63) is 30.3 Å². The predicted molar refractivity (Wildman–Crippen MR) is 69.3 cm³/mol. The number of aliphatic hydroxyl groups excluding tert-OH is 1. The molecular weight excluding hydrogens is 244 g/mol. The Bertz CT molecular complexity index is 269. The fraction of sp³-hybridized carbons (Fsp3) is 0.500. The van der Waals surface area contributed by atoms with Gasteiger partial charge in [0.2, 0.25) is 0 Å². The lowest BCUT2D eigenvalue weighted by Gasteiger charge is -2.07. The van der Waals surface area contributed by atoms with Crippen LogP contribution < -0.4 is 0 Å². The molecule has 0 amide bonds.